The zero-order valence-corrected chi connectivity index (χ0v) is 12.2. The van der Waals surface area contributed by atoms with Crippen LogP contribution in [0.3, 0.4) is 0 Å². The second-order valence-electron chi connectivity index (χ2n) is 3.37. The summed E-state index contributed by atoms with van der Waals surface area (Å²) in [6, 6.07) is 7.33. The molecule has 0 bridgehead atoms. The molecule has 0 saturated carbocycles. The van der Waals surface area contributed by atoms with Gasteiger partial charge in [0.05, 0.1) is 38.3 Å². The molecule has 0 spiro atoms. The van der Waals surface area contributed by atoms with Crippen molar-refractivity contribution in [2.24, 2.45) is 0 Å². The minimum absolute atomic E-state index is 0.290. The molecular formula is C15H20O6. The average Bonchev–Trinajstić information content (AvgIpc) is 3.18. The van der Waals surface area contributed by atoms with E-state index in [0.717, 1.165) is 0 Å². The van der Waals surface area contributed by atoms with Crippen LogP contribution in [0.15, 0.2) is 58.2 Å². The fourth-order valence-electron chi connectivity index (χ4n) is 0.995. The van der Waals surface area contributed by atoms with E-state index in [2.05, 4.69) is 18.3 Å². The highest BCUT2D eigenvalue weighted by atomic mass is 16.5. The van der Waals surface area contributed by atoms with Crippen LogP contribution in [-0.4, -0.2) is 25.2 Å². The standard InChI is InChI=1S/C7H12O4.2C4H4O/c1-3-10-6(8)5-7(9)11-4-2;2*1-2-4-5-3-1/h3-5H2,1-2H3;2*1-4H. The predicted octanol–water partition coefficient (Wildman–Crippen LogP) is 3.06. The van der Waals surface area contributed by atoms with E-state index in [0.29, 0.717) is 0 Å². The van der Waals surface area contributed by atoms with Crippen molar-refractivity contribution in [2.45, 2.75) is 20.3 Å². The Morgan fingerprint density at radius 3 is 1.29 bits per heavy atom. The molecule has 21 heavy (non-hydrogen) atoms. The highest BCUT2D eigenvalue weighted by molar-refractivity contribution is 5.91. The largest absolute Gasteiger partial charge is 0.473 e. The molecule has 0 saturated heterocycles. The van der Waals surface area contributed by atoms with E-state index in [1.807, 2.05) is 24.3 Å². The van der Waals surface area contributed by atoms with Gasteiger partial charge in [0.2, 0.25) is 0 Å². The molecule has 0 aromatic carbocycles. The van der Waals surface area contributed by atoms with Gasteiger partial charge in [0, 0.05) is 0 Å². The van der Waals surface area contributed by atoms with E-state index in [1.165, 1.54) is 0 Å². The number of furan rings is 2. The number of hydrogen-bond acceptors (Lipinski definition) is 6. The first-order valence-corrected chi connectivity index (χ1v) is 6.46. The Kier molecular flexibility index (Phi) is 12.3. The molecule has 0 unspecified atom stereocenters. The molecule has 6 heteroatoms. The van der Waals surface area contributed by atoms with Crippen LogP contribution in [-0.2, 0) is 19.1 Å². The number of rotatable bonds is 4. The van der Waals surface area contributed by atoms with E-state index in [1.54, 1.807) is 38.9 Å². The minimum Gasteiger partial charge on any atom is -0.473 e. The van der Waals surface area contributed by atoms with E-state index >= 15 is 0 Å². The van der Waals surface area contributed by atoms with Crippen molar-refractivity contribution >= 4 is 11.9 Å². The van der Waals surface area contributed by atoms with Crippen LogP contribution in [0.5, 0.6) is 0 Å². The quantitative estimate of drug-likeness (QED) is 0.637. The molecule has 0 atom stereocenters. The Morgan fingerprint density at radius 1 is 0.762 bits per heavy atom. The van der Waals surface area contributed by atoms with Crippen molar-refractivity contribution in [1.29, 1.82) is 0 Å². The summed E-state index contributed by atoms with van der Waals surface area (Å²) in [6.45, 7) is 3.95. The van der Waals surface area contributed by atoms with Gasteiger partial charge >= 0.3 is 11.9 Å². The second kappa shape index (κ2) is 13.9. The molecule has 0 aliphatic heterocycles. The molecule has 2 aromatic rings. The molecule has 2 aromatic heterocycles. The molecule has 2 rings (SSSR count). The summed E-state index contributed by atoms with van der Waals surface area (Å²) in [5.41, 5.74) is 0. The van der Waals surface area contributed by atoms with Crippen LogP contribution in [0.25, 0.3) is 0 Å². The van der Waals surface area contributed by atoms with Crippen LogP contribution in [0.1, 0.15) is 20.3 Å². The lowest BCUT2D eigenvalue weighted by Gasteiger charge is -2.00. The van der Waals surface area contributed by atoms with Crippen molar-refractivity contribution in [1.82, 2.24) is 0 Å². The predicted molar refractivity (Wildman–Crippen MR) is 75.3 cm³/mol. The third-order valence-electron chi connectivity index (χ3n) is 1.75. The molecule has 116 valence electrons. The van der Waals surface area contributed by atoms with Crippen molar-refractivity contribution in [3.8, 4) is 0 Å². The molecule has 6 nitrogen and oxygen atoms in total. The van der Waals surface area contributed by atoms with Gasteiger partial charge in [-0.05, 0) is 38.1 Å². The van der Waals surface area contributed by atoms with Crippen molar-refractivity contribution in [3.05, 3.63) is 49.3 Å². The third-order valence-corrected chi connectivity index (χ3v) is 1.75. The molecule has 2 heterocycles. The molecule has 0 fully saturated rings. The van der Waals surface area contributed by atoms with Gasteiger partial charge < -0.3 is 18.3 Å². The Bertz CT molecular complexity index is 356. The summed E-state index contributed by atoms with van der Waals surface area (Å²) in [6.07, 6.45) is 6.21. The van der Waals surface area contributed by atoms with Crippen LogP contribution in [0.2, 0.25) is 0 Å². The lowest BCUT2D eigenvalue weighted by Crippen LogP contribution is -2.13. The van der Waals surface area contributed by atoms with Crippen molar-refractivity contribution in [3.63, 3.8) is 0 Å². The van der Waals surface area contributed by atoms with Crippen LogP contribution in [0, 0.1) is 0 Å². The SMILES string of the molecule is CCOC(=O)CC(=O)OCC.c1ccoc1.c1ccoc1. The van der Waals surface area contributed by atoms with Gasteiger partial charge in [0.15, 0.2) is 0 Å². The van der Waals surface area contributed by atoms with E-state index in [4.69, 9.17) is 0 Å². The third kappa shape index (κ3) is 13.7. The molecule has 0 radical (unpaired) electrons. The highest BCUT2D eigenvalue weighted by Gasteiger charge is 2.09. The maximum atomic E-state index is 10.6. The average molecular weight is 296 g/mol. The first-order chi connectivity index (χ1) is 10.2. The zero-order valence-electron chi connectivity index (χ0n) is 12.2. The maximum absolute atomic E-state index is 10.6. The van der Waals surface area contributed by atoms with E-state index < -0.39 is 11.9 Å². The van der Waals surface area contributed by atoms with Gasteiger partial charge in [0.25, 0.3) is 0 Å². The summed E-state index contributed by atoms with van der Waals surface area (Å²) in [5.74, 6) is -1.07. The van der Waals surface area contributed by atoms with Gasteiger partial charge in [-0.1, -0.05) is 0 Å². The second-order valence-corrected chi connectivity index (χ2v) is 3.37. The summed E-state index contributed by atoms with van der Waals surface area (Å²) in [4.78, 5) is 21.2. The Hall–Kier alpha value is -2.50. The molecule has 0 aliphatic carbocycles. The van der Waals surface area contributed by atoms with Gasteiger partial charge in [-0.15, -0.1) is 0 Å². The van der Waals surface area contributed by atoms with Gasteiger partial charge in [-0.2, -0.15) is 0 Å². The number of hydrogen-bond donors (Lipinski definition) is 0. The van der Waals surface area contributed by atoms with Crippen molar-refractivity contribution < 1.29 is 27.9 Å². The number of carbonyl (C=O) groups is 2. The monoisotopic (exact) mass is 296 g/mol. The summed E-state index contributed by atoms with van der Waals surface area (Å²) in [7, 11) is 0. The Morgan fingerprint density at radius 2 is 1.10 bits per heavy atom. The zero-order chi connectivity index (χ0) is 15.8. The lowest BCUT2D eigenvalue weighted by molar-refractivity contribution is -0.153. The summed E-state index contributed by atoms with van der Waals surface area (Å²) >= 11 is 0. The first kappa shape index (κ1) is 18.5. The fourth-order valence-corrected chi connectivity index (χ4v) is 0.995. The smallest absolute Gasteiger partial charge is 0.317 e. The Labute approximate surface area is 123 Å². The van der Waals surface area contributed by atoms with Crippen LogP contribution < -0.4 is 0 Å². The van der Waals surface area contributed by atoms with E-state index in [9.17, 15) is 9.59 Å². The van der Waals surface area contributed by atoms with Crippen LogP contribution >= 0.6 is 0 Å². The number of carbonyl (C=O) groups excluding carboxylic acids is 2. The van der Waals surface area contributed by atoms with Gasteiger partial charge in [0.1, 0.15) is 6.42 Å². The number of ether oxygens (including phenoxy) is 2. The summed E-state index contributed by atoms with van der Waals surface area (Å²) in [5, 5.41) is 0. The minimum atomic E-state index is -0.536. The molecular weight excluding hydrogens is 276 g/mol. The van der Waals surface area contributed by atoms with E-state index in [-0.39, 0.29) is 19.6 Å². The molecule has 0 aliphatic rings. The normalized spacial score (nSPS) is 8.48. The lowest BCUT2D eigenvalue weighted by atomic mass is 10.4. The van der Waals surface area contributed by atoms with Crippen molar-refractivity contribution in [2.75, 3.05) is 13.2 Å². The topological polar surface area (TPSA) is 78.9 Å². The van der Waals surface area contributed by atoms with Gasteiger partial charge in [-0.3, -0.25) is 9.59 Å². The number of esters is 2. The molecule has 0 amide bonds. The summed E-state index contributed by atoms with van der Waals surface area (Å²) < 4.78 is 18.2. The fraction of sp³-hybridized carbons (Fsp3) is 0.333. The highest BCUT2D eigenvalue weighted by Crippen LogP contribution is 1.89. The Balaban J connectivity index is 0.000000325. The van der Waals surface area contributed by atoms with Crippen LogP contribution in [0.4, 0.5) is 0 Å². The molecule has 0 N–H and O–H groups in total. The maximum Gasteiger partial charge on any atom is 0.317 e. The van der Waals surface area contributed by atoms with Gasteiger partial charge in [-0.25, -0.2) is 0 Å². The first-order valence-electron chi connectivity index (χ1n) is 6.46.